The standard InChI is InChI=1S/C13H19N3O/c1-8(2)10(6-14)13(15)9-3-4-11-12(5-9)17-7-16-11/h3-5,7-8,10,13H,6,14-15H2,1-2H3. The van der Waals surface area contributed by atoms with E-state index >= 15 is 0 Å². The maximum Gasteiger partial charge on any atom is 0.181 e. The number of benzene rings is 1. The third kappa shape index (κ3) is 2.33. The summed E-state index contributed by atoms with van der Waals surface area (Å²) in [6, 6.07) is 5.83. The van der Waals surface area contributed by atoms with Crippen LogP contribution in [0.5, 0.6) is 0 Å². The molecular formula is C13H19N3O. The molecule has 4 heteroatoms. The summed E-state index contributed by atoms with van der Waals surface area (Å²) in [5, 5.41) is 0. The van der Waals surface area contributed by atoms with Crippen molar-refractivity contribution in [1.82, 2.24) is 4.98 Å². The lowest BCUT2D eigenvalue weighted by Crippen LogP contribution is -2.31. The van der Waals surface area contributed by atoms with Crippen LogP contribution in [0.25, 0.3) is 11.1 Å². The van der Waals surface area contributed by atoms with E-state index in [4.69, 9.17) is 15.9 Å². The van der Waals surface area contributed by atoms with E-state index in [1.54, 1.807) is 0 Å². The van der Waals surface area contributed by atoms with Gasteiger partial charge in [0.25, 0.3) is 0 Å². The highest BCUT2D eigenvalue weighted by atomic mass is 16.3. The van der Waals surface area contributed by atoms with Crippen LogP contribution in [0.15, 0.2) is 29.0 Å². The second kappa shape index (κ2) is 4.85. The Morgan fingerprint density at radius 2 is 2.12 bits per heavy atom. The number of nitrogens with two attached hydrogens (primary N) is 2. The molecule has 0 radical (unpaired) electrons. The molecule has 1 aromatic heterocycles. The molecule has 92 valence electrons. The fourth-order valence-electron chi connectivity index (χ4n) is 2.16. The predicted octanol–water partition coefficient (Wildman–Crippen LogP) is 2.06. The van der Waals surface area contributed by atoms with Crippen molar-refractivity contribution < 1.29 is 4.42 Å². The van der Waals surface area contributed by atoms with Gasteiger partial charge in [0.05, 0.1) is 0 Å². The van der Waals surface area contributed by atoms with Crippen molar-refractivity contribution in [2.75, 3.05) is 6.54 Å². The lowest BCUT2D eigenvalue weighted by atomic mass is 9.85. The Hall–Kier alpha value is -1.39. The fourth-order valence-corrected chi connectivity index (χ4v) is 2.16. The van der Waals surface area contributed by atoms with Crippen LogP contribution in [-0.4, -0.2) is 11.5 Å². The number of hydrogen-bond acceptors (Lipinski definition) is 4. The predicted molar refractivity (Wildman–Crippen MR) is 68.3 cm³/mol. The van der Waals surface area contributed by atoms with E-state index in [2.05, 4.69) is 18.8 Å². The number of aromatic nitrogens is 1. The lowest BCUT2D eigenvalue weighted by Gasteiger charge is -2.26. The average molecular weight is 233 g/mol. The lowest BCUT2D eigenvalue weighted by molar-refractivity contribution is 0.331. The van der Waals surface area contributed by atoms with Gasteiger partial charge in [0, 0.05) is 6.04 Å². The van der Waals surface area contributed by atoms with Gasteiger partial charge in [0.2, 0.25) is 0 Å². The van der Waals surface area contributed by atoms with Crippen molar-refractivity contribution in [2.24, 2.45) is 23.3 Å². The molecule has 0 bridgehead atoms. The molecule has 0 saturated carbocycles. The molecule has 4 nitrogen and oxygen atoms in total. The van der Waals surface area contributed by atoms with E-state index in [1.807, 2.05) is 18.2 Å². The molecule has 2 aromatic rings. The van der Waals surface area contributed by atoms with Crippen LogP contribution >= 0.6 is 0 Å². The number of rotatable bonds is 4. The highest BCUT2D eigenvalue weighted by Gasteiger charge is 2.21. The Morgan fingerprint density at radius 1 is 1.35 bits per heavy atom. The molecule has 0 amide bonds. The van der Waals surface area contributed by atoms with Crippen molar-refractivity contribution >= 4 is 11.1 Å². The summed E-state index contributed by atoms with van der Waals surface area (Å²) < 4.78 is 5.28. The van der Waals surface area contributed by atoms with Gasteiger partial charge in [-0.15, -0.1) is 0 Å². The molecular weight excluding hydrogens is 214 g/mol. The minimum absolute atomic E-state index is 0.0606. The largest absolute Gasteiger partial charge is 0.443 e. The molecule has 17 heavy (non-hydrogen) atoms. The van der Waals surface area contributed by atoms with E-state index in [0.717, 1.165) is 16.7 Å². The Bertz CT molecular complexity index is 492. The fraction of sp³-hybridized carbons (Fsp3) is 0.462. The summed E-state index contributed by atoms with van der Waals surface area (Å²) in [6.45, 7) is 4.88. The van der Waals surface area contributed by atoms with Gasteiger partial charge in [-0.2, -0.15) is 0 Å². The second-order valence-corrected chi connectivity index (χ2v) is 4.75. The Labute approximate surface area is 101 Å². The summed E-state index contributed by atoms with van der Waals surface area (Å²) in [5.41, 5.74) is 14.7. The minimum atomic E-state index is -0.0606. The van der Waals surface area contributed by atoms with Gasteiger partial charge in [-0.05, 0) is 36.1 Å². The summed E-state index contributed by atoms with van der Waals surface area (Å²) in [6.07, 6.45) is 1.45. The molecule has 2 atom stereocenters. The minimum Gasteiger partial charge on any atom is -0.443 e. The van der Waals surface area contributed by atoms with E-state index < -0.39 is 0 Å². The van der Waals surface area contributed by atoms with E-state index in [1.165, 1.54) is 6.39 Å². The van der Waals surface area contributed by atoms with Crippen molar-refractivity contribution in [2.45, 2.75) is 19.9 Å². The first-order valence-corrected chi connectivity index (χ1v) is 5.92. The van der Waals surface area contributed by atoms with Gasteiger partial charge in [-0.3, -0.25) is 0 Å². The zero-order valence-corrected chi connectivity index (χ0v) is 10.3. The zero-order chi connectivity index (χ0) is 12.4. The third-order valence-corrected chi connectivity index (χ3v) is 3.33. The highest BCUT2D eigenvalue weighted by molar-refractivity contribution is 5.72. The van der Waals surface area contributed by atoms with E-state index in [0.29, 0.717) is 12.5 Å². The Morgan fingerprint density at radius 3 is 2.76 bits per heavy atom. The molecule has 0 fully saturated rings. The molecule has 0 aliphatic heterocycles. The maximum atomic E-state index is 6.27. The molecule has 2 rings (SSSR count). The van der Waals surface area contributed by atoms with Crippen molar-refractivity contribution in [3.05, 3.63) is 30.2 Å². The van der Waals surface area contributed by atoms with Crippen LogP contribution in [-0.2, 0) is 0 Å². The van der Waals surface area contributed by atoms with Crippen LogP contribution in [0, 0.1) is 11.8 Å². The number of oxazole rings is 1. The van der Waals surface area contributed by atoms with Crippen LogP contribution in [0.1, 0.15) is 25.5 Å². The number of nitrogens with zero attached hydrogens (tertiary/aromatic N) is 1. The van der Waals surface area contributed by atoms with Crippen molar-refractivity contribution in [1.29, 1.82) is 0 Å². The first-order chi connectivity index (χ1) is 8.13. The molecule has 4 N–H and O–H groups in total. The average Bonchev–Trinajstić information content (AvgIpc) is 2.75. The Kier molecular flexibility index (Phi) is 3.45. The molecule has 0 saturated heterocycles. The normalized spacial score (nSPS) is 15.4. The third-order valence-electron chi connectivity index (χ3n) is 3.33. The summed E-state index contributed by atoms with van der Waals surface area (Å²) in [5.74, 6) is 0.732. The summed E-state index contributed by atoms with van der Waals surface area (Å²) in [4.78, 5) is 4.09. The molecule has 0 aliphatic rings. The highest BCUT2D eigenvalue weighted by Crippen LogP contribution is 2.27. The quantitative estimate of drug-likeness (QED) is 0.847. The van der Waals surface area contributed by atoms with Crippen LogP contribution < -0.4 is 11.5 Å². The van der Waals surface area contributed by atoms with Gasteiger partial charge in [-0.1, -0.05) is 19.9 Å². The topological polar surface area (TPSA) is 78.1 Å². The van der Waals surface area contributed by atoms with Gasteiger partial charge in [0.1, 0.15) is 5.52 Å². The van der Waals surface area contributed by atoms with E-state index in [-0.39, 0.29) is 12.0 Å². The van der Waals surface area contributed by atoms with Gasteiger partial charge in [0.15, 0.2) is 12.0 Å². The summed E-state index contributed by atoms with van der Waals surface area (Å²) in [7, 11) is 0. The zero-order valence-electron chi connectivity index (χ0n) is 10.3. The monoisotopic (exact) mass is 233 g/mol. The van der Waals surface area contributed by atoms with Gasteiger partial charge >= 0.3 is 0 Å². The van der Waals surface area contributed by atoms with Crippen LogP contribution in [0.2, 0.25) is 0 Å². The number of hydrogen-bond donors (Lipinski definition) is 2. The second-order valence-electron chi connectivity index (χ2n) is 4.75. The molecule has 1 heterocycles. The Balaban J connectivity index is 2.31. The van der Waals surface area contributed by atoms with Crippen LogP contribution in [0.3, 0.4) is 0 Å². The molecule has 0 aliphatic carbocycles. The first-order valence-electron chi connectivity index (χ1n) is 5.92. The van der Waals surface area contributed by atoms with Gasteiger partial charge in [-0.25, -0.2) is 4.98 Å². The molecule has 1 aromatic carbocycles. The smallest absolute Gasteiger partial charge is 0.181 e. The number of fused-ring (bicyclic) bond motifs is 1. The van der Waals surface area contributed by atoms with Gasteiger partial charge < -0.3 is 15.9 Å². The van der Waals surface area contributed by atoms with Crippen LogP contribution in [0.4, 0.5) is 0 Å². The molecule has 0 spiro atoms. The first kappa shape index (κ1) is 12.1. The molecule has 2 unspecified atom stereocenters. The SMILES string of the molecule is CC(C)C(CN)C(N)c1ccc2ncoc2c1. The summed E-state index contributed by atoms with van der Waals surface area (Å²) >= 11 is 0. The van der Waals surface area contributed by atoms with E-state index in [9.17, 15) is 0 Å². The van der Waals surface area contributed by atoms with Crippen molar-refractivity contribution in [3.8, 4) is 0 Å². The van der Waals surface area contributed by atoms with Crippen molar-refractivity contribution in [3.63, 3.8) is 0 Å². The maximum absolute atomic E-state index is 6.27.